The van der Waals surface area contributed by atoms with Crippen molar-refractivity contribution in [2.45, 2.75) is 32.6 Å². The van der Waals surface area contributed by atoms with Gasteiger partial charge in [-0.1, -0.05) is 19.8 Å². The summed E-state index contributed by atoms with van der Waals surface area (Å²) in [6.07, 6.45) is 4.83. The zero-order valence-electron chi connectivity index (χ0n) is 7.71. The van der Waals surface area contributed by atoms with Crippen molar-refractivity contribution in [2.75, 3.05) is 0 Å². The van der Waals surface area contributed by atoms with Gasteiger partial charge in [0.25, 0.3) is 0 Å². The lowest BCUT2D eigenvalue weighted by Gasteiger charge is -2.01. The van der Waals surface area contributed by atoms with Gasteiger partial charge in [-0.15, -0.1) is 4.99 Å². The van der Waals surface area contributed by atoms with Crippen LogP contribution in [-0.2, 0) is 4.79 Å². The summed E-state index contributed by atoms with van der Waals surface area (Å²) in [6.45, 7) is 2.06. The zero-order chi connectivity index (χ0) is 10.1. The summed E-state index contributed by atoms with van der Waals surface area (Å²) in [5.74, 6) is -0.325. The maximum Gasteiger partial charge on any atom is 0.226 e. The van der Waals surface area contributed by atoms with Crippen LogP contribution in [0.15, 0.2) is 4.99 Å². The quantitative estimate of drug-likeness (QED) is 0.286. The van der Waals surface area contributed by atoms with Crippen LogP contribution in [-0.4, -0.2) is 11.9 Å². The Kier molecular flexibility index (Phi) is 6.24. The van der Waals surface area contributed by atoms with Crippen molar-refractivity contribution in [3.05, 3.63) is 0 Å². The van der Waals surface area contributed by atoms with E-state index < -0.39 is 0 Å². The Morgan fingerprint density at radius 2 is 2.31 bits per heavy atom. The SMILES string of the molecule is CCCCCC(=O)NC(N)=NC#N. The molecule has 0 bridgehead atoms. The number of rotatable bonds is 4. The molecule has 72 valence electrons. The summed E-state index contributed by atoms with van der Waals surface area (Å²) in [6, 6.07) is 0. The van der Waals surface area contributed by atoms with Gasteiger partial charge in [0, 0.05) is 6.42 Å². The summed E-state index contributed by atoms with van der Waals surface area (Å²) in [5, 5.41) is 10.4. The van der Waals surface area contributed by atoms with Crippen molar-refractivity contribution < 1.29 is 4.79 Å². The molecule has 0 aliphatic carbocycles. The smallest absolute Gasteiger partial charge is 0.226 e. The first kappa shape index (κ1) is 11.4. The van der Waals surface area contributed by atoms with Crippen LogP contribution in [0.1, 0.15) is 32.6 Å². The van der Waals surface area contributed by atoms with Crippen LogP contribution in [0.25, 0.3) is 0 Å². The fourth-order valence-electron chi connectivity index (χ4n) is 0.823. The molecule has 0 saturated carbocycles. The molecule has 0 aromatic rings. The van der Waals surface area contributed by atoms with Gasteiger partial charge in [0.05, 0.1) is 0 Å². The molecule has 0 atom stereocenters. The molecular weight excluding hydrogens is 168 g/mol. The average Bonchev–Trinajstić information content (AvgIpc) is 2.05. The molecule has 3 N–H and O–H groups in total. The summed E-state index contributed by atoms with van der Waals surface area (Å²) in [7, 11) is 0. The van der Waals surface area contributed by atoms with E-state index >= 15 is 0 Å². The van der Waals surface area contributed by atoms with Crippen molar-refractivity contribution in [2.24, 2.45) is 10.7 Å². The number of nitrogens with one attached hydrogen (secondary N) is 1. The molecule has 0 fully saturated rings. The summed E-state index contributed by atoms with van der Waals surface area (Å²) in [5.41, 5.74) is 5.18. The van der Waals surface area contributed by atoms with Crippen LogP contribution in [0.3, 0.4) is 0 Å². The van der Waals surface area contributed by atoms with E-state index in [2.05, 4.69) is 17.2 Å². The lowest BCUT2D eigenvalue weighted by Crippen LogP contribution is -2.36. The van der Waals surface area contributed by atoms with Crippen LogP contribution in [0.2, 0.25) is 0 Å². The minimum Gasteiger partial charge on any atom is -0.369 e. The third-order valence-electron chi connectivity index (χ3n) is 1.45. The lowest BCUT2D eigenvalue weighted by atomic mass is 10.2. The fourth-order valence-corrected chi connectivity index (χ4v) is 0.823. The Morgan fingerprint density at radius 3 is 2.85 bits per heavy atom. The maximum absolute atomic E-state index is 11.0. The standard InChI is InChI=1S/C8H14N4O/c1-2-3-4-5-7(13)12-8(10)11-6-9/h2-5H2,1H3,(H3,10,11,12,13). The summed E-state index contributed by atoms with van der Waals surface area (Å²) in [4.78, 5) is 14.2. The Morgan fingerprint density at radius 1 is 1.62 bits per heavy atom. The fraction of sp³-hybridized carbons (Fsp3) is 0.625. The van der Waals surface area contributed by atoms with Gasteiger partial charge >= 0.3 is 0 Å². The van der Waals surface area contributed by atoms with E-state index in [0.29, 0.717) is 6.42 Å². The Hall–Kier alpha value is -1.57. The number of carbonyl (C=O) groups excluding carboxylic acids is 1. The van der Waals surface area contributed by atoms with Gasteiger partial charge < -0.3 is 5.73 Å². The zero-order valence-corrected chi connectivity index (χ0v) is 7.71. The molecule has 0 aliphatic heterocycles. The first-order valence-electron chi connectivity index (χ1n) is 4.22. The van der Waals surface area contributed by atoms with Gasteiger partial charge in [-0.05, 0) is 6.42 Å². The van der Waals surface area contributed by atoms with Crippen LogP contribution >= 0.6 is 0 Å². The molecule has 0 radical (unpaired) electrons. The molecular formula is C8H14N4O. The highest BCUT2D eigenvalue weighted by Gasteiger charge is 2.01. The predicted octanol–water partition coefficient (Wildman–Crippen LogP) is 0.479. The number of aliphatic imine (C=N–C) groups is 1. The van der Waals surface area contributed by atoms with Gasteiger partial charge in [-0.3, -0.25) is 10.1 Å². The Labute approximate surface area is 77.6 Å². The Balaban J connectivity index is 3.63. The molecule has 5 nitrogen and oxygen atoms in total. The van der Waals surface area contributed by atoms with Crippen LogP contribution < -0.4 is 11.1 Å². The van der Waals surface area contributed by atoms with Gasteiger partial charge in [-0.25, -0.2) is 0 Å². The molecule has 1 amide bonds. The summed E-state index contributed by atoms with van der Waals surface area (Å²) < 4.78 is 0. The highest BCUT2D eigenvalue weighted by atomic mass is 16.1. The van der Waals surface area contributed by atoms with Crippen molar-refractivity contribution in [3.8, 4) is 6.19 Å². The summed E-state index contributed by atoms with van der Waals surface area (Å²) >= 11 is 0. The minimum absolute atomic E-state index is 0.135. The van der Waals surface area contributed by atoms with Crippen molar-refractivity contribution in [3.63, 3.8) is 0 Å². The number of nitrogens with two attached hydrogens (primary N) is 1. The van der Waals surface area contributed by atoms with E-state index in [9.17, 15) is 4.79 Å². The molecule has 0 aromatic heterocycles. The molecule has 0 rings (SSSR count). The third kappa shape index (κ3) is 6.81. The number of guanidine groups is 1. The number of hydrogen-bond acceptors (Lipinski definition) is 3. The van der Waals surface area contributed by atoms with Gasteiger partial charge in [0.2, 0.25) is 18.1 Å². The van der Waals surface area contributed by atoms with Crippen molar-refractivity contribution >= 4 is 11.9 Å². The topological polar surface area (TPSA) is 91.3 Å². The Bertz CT molecular complexity index is 229. The van der Waals surface area contributed by atoms with E-state index in [1.807, 2.05) is 0 Å². The predicted molar refractivity (Wildman–Crippen MR) is 49.5 cm³/mol. The number of hydrogen-bond donors (Lipinski definition) is 2. The number of carbonyl (C=O) groups is 1. The van der Waals surface area contributed by atoms with E-state index in [-0.39, 0.29) is 11.9 Å². The molecule has 0 spiro atoms. The van der Waals surface area contributed by atoms with Crippen molar-refractivity contribution in [1.29, 1.82) is 5.26 Å². The second-order valence-corrected chi connectivity index (χ2v) is 2.60. The monoisotopic (exact) mass is 182 g/mol. The second kappa shape index (κ2) is 7.10. The third-order valence-corrected chi connectivity index (χ3v) is 1.45. The van der Waals surface area contributed by atoms with Gasteiger partial charge in [-0.2, -0.15) is 5.26 Å². The normalized spacial score (nSPS) is 10.6. The average molecular weight is 182 g/mol. The van der Waals surface area contributed by atoms with E-state index in [4.69, 9.17) is 11.0 Å². The molecule has 0 heterocycles. The first-order chi connectivity index (χ1) is 6.20. The van der Waals surface area contributed by atoms with E-state index in [1.165, 1.54) is 6.19 Å². The number of nitriles is 1. The largest absolute Gasteiger partial charge is 0.369 e. The minimum atomic E-state index is -0.190. The lowest BCUT2D eigenvalue weighted by molar-refractivity contribution is -0.119. The number of unbranched alkanes of at least 4 members (excludes halogenated alkanes) is 2. The number of amides is 1. The van der Waals surface area contributed by atoms with Gasteiger partial charge in [0.15, 0.2) is 0 Å². The molecule has 13 heavy (non-hydrogen) atoms. The molecule has 0 aromatic carbocycles. The van der Waals surface area contributed by atoms with Crippen LogP contribution in [0.4, 0.5) is 0 Å². The highest BCUT2D eigenvalue weighted by Crippen LogP contribution is 1.97. The molecule has 5 heteroatoms. The van der Waals surface area contributed by atoms with Gasteiger partial charge in [0.1, 0.15) is 0 Å². The molecule has 0 aliphatic rings. The van der Waals surface area contributed by atoms with Crippen molar-refractivity contribution in [1.82, 2.24) is 5.32 Å². The molecule has 0 saturated heterocycles. The second-order valence-electron chi connectivity index (χ2n) is 2.60. The maximum atomic E-state index is 11.0. The molecule has 0 unspecified atom stereocenters. The first-order valence-corrected chi connectivity index (χ1v) is 4.22. The van der Waals surface area contributed by atoms with Crippen LogP contribution in [0, 0.1) is 11.5 Å². The van der Waals surface area contributed by atoms with Crippen LogP contribution in [0.5, 0.6) is 0 Å². The number of nitrogens with zero attached hydrogens (tertiary/aromatic N) is 2. The van der Waals surface area contributed by atoms with E-state index in [1.54, 1.807) is 0 Å². The van der Waals surface area contributed by atoms with E-state index in [0.717, 1.165) is 19.3 Å². The highest BCUT2D eigenvalue weighted by molar-refractivity contribution is 5.96.